The van der Waals surface area contributed by atoms with Gasteiger partial charge in [-0.1, -0.05) is 5.16 Å². The van der Waals surface area contributed by atoms with E-state index in [4.69, 9.17) is 14.0 Å². The highest BCUT2D eigenvalue weighted by Gasteiger charge is 2.41. The number of hydrogen-bond donors (Lipinski definition) is 1. The molecular formula is C17H21N5O4. The molecule has 0 unspecified atom stereocenters. The molecule has 9 nitrogen and oxygen atoms in total. The number of hydrogen-bond acceptors (Lipinski definition) is 8. The lowest BCUT2D eigenvalue weighted by molar-refractivity contribution is -0.181. The lowest BCUT2D eigenvalue weighted by Crippen LogP contribution is -2.47. The van der Waals surface area contributed by atoms with Crippen LogP contribution in [0.15, 0.2) is 16.7 Å². The Hall–Kier alpha value is -2.52. The number of anilines is 2. The van der Waals surface area contributed by atoms with Gasteiger partial charge in [0.25, 0.3) is 5.91 Å². The number of carbonyl (C=O) groups is 1. The van der Waals surface area contributed by atoms with Gasteiger partial charge in [-0.3, -0.25) is 4.79 Å². The van der Waals surface area contributed by atoms with Crippen LogP contribution >= 0.6 is 0 Å². The summed E-state index contributed by atoms with van der Waals surface area (Å²) in [6.07, 6.45) is 1.35. The summed E-state index contributed by atoms with van der Waals surface area (Å²) in [5, 5.41) is 6.82. The largest absolute Gasteiger partial charge is 0.360 e. The fourth-order valence-corrected chi connectivity index (χ4v) is 3.27. The van der Waals surface area contributed by atoms with Crippen LogP contribution in [-0.2, 0) is 9.47 Å². The molecule has 0 aromatic carbocycles. The molecule has 1 amide bonds. The first-order valence-electron chi connectivity index (χ1n) is 8.66. The summed E-state index contributed by atoms with van der Waals surface area (Å²) < 4.78 is 16.4. The summed E-state index contributed by atoms with van der Waals surface area (Å²) in [5.41, 5.74) is 1.05. The van der Waals surface area contributed by atoms with Crippen LogP contribution < -0.4 is 5.32 Å². The minimum absolute atomic E-state index is 0.122. The number of amides is 1. The molecule has 0 atom stereocenters. The molecule has 2 aromatic heterocycles. The van der Waals surface area contributed by atoms with Gasteiger partial charge in [0, 0.05) is 37.7 Å². The molecule has 9 heteroatoms. The number of carbonyl (C=O) groups excluding carboxylic acids is 1. The number of aryl methyl sites for hydroxylation is 2. The Labute approximate surface area is 150 Å². The average Bonchev–Trinajstić information content (AvgIpc) is 3.24. The van der Waals surface area contributed by atoms with Crippen molar-refractivity contribution in [1.82, 2.24) is 20.0 Å². The van der Waals surface area contributed by atoms with Crippen LogP contribution in [0.5, 0.6) is 0 Å². The predicted octanol–water partition coefficient (Wildman–Crippen LogP) is 1.80. The fourth-order valence-electron chi connectivity index (χ4n) is 3.27. The zero-order chi connectivity index (χ0) is 18.1. The van der Waals surface area contributed by atoms with Crippen molar-refractivity contribution in [2.75, 3.05) is 31.6 Å². The number of aromatic nitrogens is 3. The van der Waals surface area contributed by atoms with Gasteiger partial charge in [-0.15, -0.1) is 0 Å². The Bertz CT molecular complexity index is 805. The standard InChI is InChI=1S/C17H21N5O4/c1-11-9-13(19-16(18-11)20-14-10-12(2)26-21-14)15(23)22-5-3-17(4-6-22)24-7-8-25-17/h9-10H,3-8H2,1-2H3,(H,18,19,20,21). The van der Waals surface area contributed by atoms with Crippen molar-refractivity contribution >= 4 is 17.7 Å². The molecule has 4 heterocycles. The van der Waals surface area contributed by atoms with E-state index in [1.807, 2.05) is 6.92 Å². The van der Waals surface area contributed by atoms with E-state index < -0.39 is 5.79 Å². The van der Waals surface area contributed by atoms with Gasteiger partial charge in [-0.2, -0.15) is 0 Å². The van der Waals surface area contributed by atoms with Gasteiger partial charge >= 0.3 is 0 Å². The third kappa shape index (κ3) is 3.40. The lowest BCUT2D eigenvalue weighted by Gasteiger charge is -2.37. The smallest absolute Gasteiger partial charge is 0.272 e. The Morgan fingerprint density at radius 2 is 1.88 bits per heavy atom. The second-order valence-electron chi connectivity index (χ2n) is 6.57. The van der Waals surface area contributed by atoms with Gasteiger partial charge < -0.3 is 24.2 Å². The molecule has 4 rings (SSSR count). The highest BCUT2D eigenvalue weighted by Crippen LogP contribution is 2.31. The van der Waals surface area contributed by atoms with Crippen molar-refractivity contribution in [3.05, 3.63) is 29.3 Å². The SMILES string of the molecule is Cc1cc(C(=O)N2CCC3(CC2)OCCO3)nc(Nc2cc(C)on2)n1. The quantitative estimate of drug-likeness (QED) is 0.885. The molecular weight excluding hydrogens is 338 g/mol. The minimum Gasteiger partial charge on any atom is -0.360 e. The Morgan fingerprint density at radius 1 is 1.15 bits per heavy atom. The van der Waals surface area contributed by atoms with Crippen LogP contribution in [0.2, 0.25) is 0 Å². The van der Waals surface area contributed by atoms with Crippen molar-refractivity contribution in [3.8, 4) is 0 Å². The number of rotatable bonds is 3. The van der Waals surface area contributed by atoms with Crippen molar-refractivity contribution in [1.29, 1.82) is 0 Å². The van der Waals surface area contributed by atoms with E-state index >= 15 is 0 Å². The fraction of sp³-hybridized carbons (Fsp3) is 0.529. The molecule has 2 aromatic rings. The molecule has 1 N–H and O–H groups in total. The summed E-state index contributed by atoms with van der Waals surface area (Å²) in [6, 6.07) is 3.42. The van der Waals surface area contributed by atoms with Gasteiger partial charge in [0.05, 0.1) is 13.2 Å². The molecule has 0 bridgehead atoms. The Morgan fingerprint density at radius 3 is 2.54 bits per heavy atom. The molecule has 0 aliphatic carbocycles. The first-order valence-corrected chi connectivity index (χ1v) is 8.66. The second kappa shape index (κ2) is 6.65. The molecule has 2 saturated heterocycles. The number of nitrogens with one attached hydrogen (secondary N) is 1. The number of ether oxygens (including phenoxy) is 2. The lowest BCUT2D eigenvalue weighted by atomic mass is 10.0. The first kappa shape index (κ1) is 16.9. The number of nitrogens with zero attached hydrogens (tertiary/aromatic N) is 4. The molecule has 2 aliphatic heterocycles. The topological polar surface area (TPSA) is 103 Å². The predicted molar refractivity (Wildman–Crippen MR) is 91.1 cm³/mol. The molecule has 1 spiro atoms. The molecule has 138 valence electrons. The highest BCUT2D eigenvalue weighted by atomic mass is 16.7. The van der Waals surface area contributed by atoms with E-state index in [0.29, 0.717) is 68.1 Å². The summed E-state index contributed by atoms with van der Waals surface area (Å²) in [7, 11) is 0. The zero-order valence-electron chi connectivity index (χ0n) is 14.8. The Balaban J connectivity index is 1.47. The van der Waals surface area contributed by atoms with Crippen molar-refractivity contribution < 1.29 is 18.8 Å². The normalized spacial score (nSPS) is 19.1. The molecule has 26 heavy (non-hydrogen) atoms. The first-order chi connectivity index (χ1) is 12.5. The van der Waals surface area contributed by atoms with Gasteiger partial charge in [0.15, 0.2) is 11.6 Å². The number of piperidine rings is 1. The third-order valence-corrected chi connectivity index (χ3v) is 4.57. The van der Waals surface area contributed by atoms with Crippen LogP contribution in [0.3, 0.4) is 0 Å². The summed E-state index contributed by atoms with van der Waals surface area (Å²) >= 11 is 0. The van der Waals surface area contributed by atoms with Crippen LogP contribution in [0.4, 0.5) is 11.8 Å². The van der Waals surface area contributed by atoms with Gasteiger partial charge in [0.2, 0.25) is 5.95 Å². The van der Waals surface area contributed by atoms with E-state index in [2.05, 4.69) is 20.4 Å². The van der Waals surface area contributed by atoms with Crippen LogP contribution in [0, 0.1) is 13.8 Å². The molecule has 0 saturated carbocycles. The maximum Gasteiger partial charge on any atom is 0.272 e. The van der Waals surface area contributed by atoms with Gasteiger partial charge in [-0.05, 0) is 19.9 Å². The maximum absolute atomic E-state index is 12.9. The highest BCUT2D eigenvalue weighted by molar-refractivity contribution is 5.92. The number of likely N-dealkylation sites (tertiary alicyclic amines) is 1. The zero-order valence-corrected chi connectivity index (χ0v) is 14.8. The third-order valence-electron chi connectivity index (χ3n) is 4.57. The summed E-state index contributed by atoms with van der Waals surface area (Å²) in [4.78, 5) is 23.3. The van der Waals surface area contributed by atoms with E-state index in [9.17, 15) is 4.79 Å². The average molecular weight is 359 g/mol. The van der Waals surface area contributed by atoms with Crippen molar-refractivity contribution in [3.63, 3.8) is 0 Å². The van der Waals surface area contributed by atoms with E-state index in [1.54, 1.807) is 24.0 Å². The van der Waals surface area contributed by atoms with E-state index in [0.717, 1.165) is 0 Å². The molecule has 2 aliphatic rings. The van der Waals surface area contributed by atoms with Crippen LogP contribution in [0.25, 0.3) is 0 Å². The van der Waals surface area contributed by atoms with E-state index in [1.165, 1.54) is 0 Å². The molecule has 0 radical (unpaired) electrons. The van der Waals surface area contributed by atoms with Crippen molar-refractivity contribution in [2.24, 2.45) is 0 Å². The summed E-state index contributed by atoms with van der Waals surface area (Å²) in [6.45, 7) is 6.01. The summed E-state index contributed by atoms with van der Waals surface area (Å²) in [5.74, 6) is 0.868. The van der Waals surface area contributed by atoms with Gasteiger partial charge in [0.1, 0.15) is 11.5 Å². The minimum atomic E-state index is -0.504. The monoisotopic (exact) mass is 359 g/mol. The second-order valence-corrected chi connectivity index (χ2v) is 6.57. The Kier molecular flexibility index (Phi) is 4.33. The van der Waals surface area contributed by atoms with Crippen LogP contribution in [-0.4, -0.2) is 58.0 Å². The van der Waals surface area contributed by atoms with Crippen LogP contribution in [0.1, 0.15) is 34.8 Å². The molecule has 2 fully saturated rings. The van der Waals surface area contributed by atoms with E-state index in [-0.39, 0.29) is 5.91 Å². The van der Waals surface area contributed by atoms with Gasteiger partial charge in [-0.25, -0.2) is 9.97 Å². The van der Waals surface area contributed by atoms with Crippen molar-refractivity contribution in [2.45, 2.75) is 32.5 Å². The maximum atomic E-state index is 12.9.